The number of rotatable bonds is 3. The lowest BCUT2D eigenvalue weighted by Gasteiger charge is -2.03. The number of amides is 2. The third kappa shape index (κ3) is 2.75. The summed E-state index contributed by atoms with van der Waals surface area (Å²) >= 11 is 0. The Morgan fingerprint density at radius 1 is 1.32 bits per heavy atom. The summed E-state index contributed by atoms with van der Waals surface area (Å²) in [4.78, 5) is 15.6. The standard InChI is InChI=1S/C15H15N5O2/c1-16-15(22)18-13-8-20-14(17-13)6-5-12(19-20)11-4-2-3-10(7-11)9-21/h2-8,21H,9H2,1H3,(H2,16,18,22). The van der Waals surface area contributed by atoms with Crippen LogP contribution < -0.4 is 10.6 Å². The molecule has 0 fully saturated rings. The molecule has 0 radical (unpaired) electrons. The van der Waals surface area contributed by atoms with Crippen molar-refractivity contribution >= 4 is 17.5 Å². The van der Waals surface area contributed by atoms with Crippen molar-refractivity contribution in [3.05, 3.63) is 48.2 Å². The summed E-state index contributed by atoms with van der Waals surface area (Å²) < 4.78 is 1.60. The molecule has 2 aromatic heterocycles. The molecule has 0 saturated heterocycles. The lowest BCUT2D eigenvalue weighted by Crippen LogP contribution is -2.24. The van der Waals surface area contributed by atoms with E-state index in [1.54, 1.807) is 10.7 Å². The molecule has 7 heteroatoms. The van der Waals surface area contributed by atoms with Gasteiger partial charge in [-0.05, 0) is 23.8 Å². The Morgan fingerprint density at radius 3 is 2.95 bits per heavy atom. The van der Waals surface area contributed by atoms with Crippen LogP contribution in [0.3, 0.4) is 0 Å². The lowest BCUT2D eigenvalue weighted by molar-refractivity contribution is 0.254. The van der Waals surface area contributed by atoms with Crippen LogP contribution in [0.5, 0.6) is 0 Å². The number of nitrogens with zero attached hydrogens (tertiary/aromatic N) is 3. The molecule has 0 bridgehead atoms. The monoisotopic (exact) mass is 297 g/mol. The van der Waals surface area contributed by atoms with Crippen molar-refractivity contribution in [3.8, 4) is 11.3 Å². The SMILES string of the molecule is CNC(=O)Nc1cn2nc(-c3cccc(CO)c3)ccc2n1. The molecule has 3 N–H and O–H groups in total. The summed E-state index contributed by atoms with van der Waals surface area (Å²) in [7, 11) is 1.54. The van der Waals surface area contributed by atoms with Gasteiger partial charge in [-0.1, -0.05) is 18.2 Å². The Balaban J connectivity index is 1.96. The Bertz CT molecular complexity index is 828. The second-order valence-electron chi connectivity index (χ2n) is 4.71. The highest BCUT2D eigenvalue weighted by Gasteiger charge is 2.07. The number of imidazole rings is 1. The normalized spacial score (nSPS) is 10.6. The zero-order valence-electron chi connectivity index (χ0n) is 11.9. The molecule has 2 amide bonds. The van der Waals surface area contributed by atoms with Gasteiger partial charge in [0, 0.05) is 12.6 Å². The van der Waals surface area contributed by atoms with E-state index in [4.69, 9.17) is 0 Å². The topological polar surface area (TPSA) is 91.6 Å². The summed E-state index contributed by atoms with van der Waals surface area (Å²) in [6, 6.07) is 10.9. The fourth-order valence-corrected chi connectivity index (χ4v) is 2.10. The van der Waals surface area contributed by atoms with Crippen molar-refractivity contribution in [2.75, 3.05) is 12.4 Å². The lowest BCUT2D eigenvalue weighted by atomic mass is 10.1. The van der Waals surface area contributed by atoms with E-state index in [-0.39, 0.29) is 12.6 Å². The van der Waals surface area contributed by atoms with Crippen molar-refractivity contribution in [1.29, 1.82) is 0 Å². The van der Waals surface area contributed by atoms with Gasteiger partial charge in [-0.25, -0.2) is 14.3 Å². The first-order chi connectivity index (χ1) is 10.7. The van der Waals surface area contributed by atoms with Crippen molar-refractivity contribution in [3.63, 3.8) is 0 Å². The fourth-order valence-electron chi connectivity index (χ4n) is 2.10. The molecular formula is C15H15N5O2. The van der Waals surface area contributed by atoms with Gasteiger partial charge in [0.2, 0.25) is 0 Å². The van der Waals surface area contributed by atoms with E-state index in [0.29, 0.717) is 11.5 Å². The average molecular weight is 297 g/mol. The van der Waals surface area contributed by atoms with Crippen LogP contribution >= 0.6 is 0 Å². The van der Waals surface area contributed by atoms with E-state index >= 15 is 0 Å². The minimum Gasteiger partial charge on any atom is -0.392 e. The van der Waals surface area contributed by atoms with Crippen LogP contribution in [0, 0.1) is 0 Å². The number of hydrogen-bond acceptors (Lipinski definition) is 4. The average Bonchev–Trinajstić information content (AvgIpc) is 2.95. The second-order valence-corrected chi connectivity index (χ2v) is 4.71. The number of carbonyl (C=O) groups is 1. The number of fused-ring (bicyclic) bond motifs is 1. The van der Waals surface area contributed by atoms with Crippen molar-refractivity contribution < 1.29 is 9.90 Å². The highest BCUT2D eigenvalue weighted by molar-refractivity contribution is 5.88. The fraction of sp³-hybridized carbons (Fsp3) is 0.133. The summed E-state index contributed by atoms with van der Waals surface area (Å²) in [5.41, 5.74) is 3.12. The number of benzene rings is 1. The number of aliphatic hydroxyl groups is 1. The number of aliphatic hydroxyl groups excluding tert-OH is 1. The van der Waals surface area contributed by atoms with Crippen LogP contribution in [0.4, 0.5) is 10.6 Å². The molecule has 0 aliphatic carbocycles. The van der Waals surface area contributed by atoms with Gasteiger partial charge in [0.15, 0.2) is 11.5 Å². The number of anilines is 1. The van der Waals surface area contributed by atoms with Crippen LogP contribution in [-0.2, 0) is 6.61 Å². The van der Waals surface area contributed by atoms with E-state index in [2.05, 4.69) is 20.7 Å². The number of carbonyl (C=O) groups excluding carboxylic acids is 1. The smallest absolute Gasteiger partial charge is 0.320 e. The van der Waals surface area contributed by atoms with Crippen molar-refractivity contribution in [2.45, 2.75) is 6.61 Å². The molecule has 112 valence electrons. The Labute approximate surface area is 126 Å². The van der Waals surface area contributed by atoms with E-state index < -0.39 is 0 Å². The quantitative estimate of drug-likeness (QED) is 0.685. The molecule has 0 unspecified atom stereocenters. The molecule has 0 aliphatic heterocycles. The van der Waals surface area contributed by atoms with Gasteiger partial charge in [-0.15, -0.1) is 0 Å². The largest absolute Gasteiger partial charge is 0.392 e. The summed E-state index contributed by atoms with van der Waals surface area (Å²) in [6.07, 6.45) is 1.64. The van der Waals surface area contributed by atoms with E-state index in [9.17, 15) is 9.90 Å². The van der Waals surface area contributed by atoms with E-state index in [1.807, 2.05) is 36.4 Å². The molecule has 1 aromatic carbocycles. The maximum Gasteiger partial charge on any atom is 0.320 e. The molecule has 3 aromatic rings. The van der Waals surface area contributed by atoms with Crippen LogP contribution in [-0.4, -0.2) is 32.8 Å². The predicted octanol–water partition coefficient (Wildman–Crippen LogP) is 1.64. The van der Waals surface area contributed by atoms with Gasteiger partial charge in [0.25, 0.3) is 0 Å². The number of aromatic nitrogens is 3. The van der Waals surface area contributed by atoms with Crippen LogP contribution in [0.25, 0.3) is 16.9 Å². The molecule has 0 atom stereocenters. The highest BCUT2D eigenvalue weighted by atomic mass is 16.3. The van der Waals surface area contributed by atoms with Gasteiger partial charge >= 0.3 is 6.03 Å². The molecule has 0 aliphatic rings. The first-order valence-corrected chi connectivity index (χ1v) is 6.75. The van der Waals surface area contributed by atoms with Gasteiger partial charge in [-0.2, -0.15) is 5.10 Å². The van der Waals surface area contributed by atoms with Gasteiger partial charge in [0.05, 0.1) is 18.5 Å². The van der Waals surface area contributed by atoms with Crippen LogP contribution in [0.15, 0.2) is 42.6 Å². The molecule has 3 rings (SSSR count). The molecule has 7 nitrogen and oxygen atoms in total. The highest BCUT2D eigenvalue weighted by Crippen LogP contribution is 2.19. The van der Waals surface area contributed by atoms with Crippen LogP contribution in [0.2, 0.25) is 0 Å². The molecular weight excluding hydrogens is 282 g/mol. The van der Waals surface area contributed by atoms with E-state index in [1.165, 1.54) is 7.05 Å². The number of urea groups is 1. The predicted molar refractivity (Wildman–Crippen MR) is 82.4 cm³/mol. The minimum absolute atomic E-state index is 0.0125. The third-order valence-electron chi connectivity index (χ3n) is 3.19. The molecule has 0 spiro atoms. The molecule has 2 heterocycles. The first kappa shape index (κ1) is 14.0. The second kappa shape index (κ2) is 5.82. The summed E-state index contributed by atoms with van der Waals surface area (Å²) in [5.74, 6) is 0.424. The number of hydrogen-bond donors (Lipinski definition) is 3. The maximum atomic E-state index is 11.3. The van der Waals surface area contributed by atoms with E-state index in [0.717, 1.165) is 16.8 Å². The van der Waals surface area contributed by atoms with Gasteiger partial charge < -0.3 is 10.4 Å². The maximum absolute atomic E-state index is 11.3. The minimum atomic E-state index is -0.334. The van der Waals surface area contributed by atoms with Crippen molar-refractivity contribution in [2.24, 2.45) is 0 Å². The van der Waals surface area contributed by atoms with Crippen LogP contribution in [0.1, 0.15) is 5.56 Å². The Hall–Kier alpha value is -2.93. The molecule has 0 saturated carbocycles. The zero-order valence-corrected chi connectivity index (χ0v) is 11.9. The first-order valence-electron chi connectivity index (χ1n) is 6.75. The molecule has 22 heavy (non-hydrogen) atoms. The van der Waals surface area contributed by atoms with Crippen molar-refractivity contribution in [1.82, 2.24) is 19.9 Å². The zero-order chi connectivity index (χ0) is 15.5. The Morgan fingerprint density at radius 2 is 2.18 bits per heavy atom. The van der Waals surface area contributed by atoms with Gasteiger partial charge in [-0.3, -0.25) is 5.32 Å². The Kier molecular flexibility index (Phi) is 3.71. The van der Waals surface area contributed by atoms with Gasteiger partial charge in [0.1, 0.15) is 0 Å². The summed E-state index contributed by atoms with van der Waals surface area (Å²) in [5, 5.41) is 18.8. The summed E-state index contributed by atoms with van der Waals surface area (Å²) in [6.45, 7) is -0.0125. The number of nitrogens with one attached hydrogen (secondary N) is 2. The third-order valence-corrected chi connectivity index (χ3v) is 3.19.